The molecule has 0 bridgehead atoms. The molecule has 0 radical (unpaired) electrons. The van der Waals surface area contributed by atoms with E-state index in [0.29, 0.717) is 12.2 Å². The molecule has 5 nitrogen and oxygen atoms in total. The molecule has 1 fully saturated rings. The zero-order valence-electron chi connectivity index (χ0n) is 11.0. The number of β-amino-alcohol motifs (C(OH)–C–C–N with tert-alkyl or cyclic N) is 1. The number of hydrogen-bond donors (Lipinski definition) is 3. The van der Waals surface area contributed by atoms with Crippen molar-refractivity contribution >= 4 is 11.6 Å². The summed E-state index contributed by atoms with van der Waals surface area (Å²) >= 11 is 0. The number of amides is 1. The van der Waals surface area contributed by atoms with Crippen molar-refractivity contribution in [1.82, 2.24) is 4.90 Å². The fourth-order valence-electron chi connectivity index (χ4n) is 2.63. The Morgan fingerprint density at radius 2 is 2.26 bits per heavy atom. The monoisotopic (exact) mass is 263 g/mol. The number of carbonyl (C=O) groups excluding carboxylic acids is 1. The third kappa shape index (κ3) is 3.45. The molecule has 1 amide bonds. The fourth-order valence-corrected chi connectivity index (χ4v) is 2.63. The number of nitrogens with zero attached hydrogens (tertiary/aromatic N) is 1. The number of aliphatic hydroxyl groups is 1. The number of anilines is 1. The molecule has 5 N–H and O–H groups in total. The first-order chi connectivity index (χ1) is 9.08. The first-order valence-corrected chi connectivity index (χ1v) is 6.65. The molecule has 0 aromatic heterocycles. The van der Waals surface area contributed by atoms with Crippen LogP contribution in [-0.2, 0) is 4.79 Å². The Hall–Kier alpha value is -1.59. The summed E-state index contributed by atoms with van der Waals surface area (Å²) in [5.41, 5.74) is 12.5. The second-order valence-corrected chi connectivity index (χ2v) is 5.09. The highest BCUT2D eigenvalue weighted by Crippen LogP contribution is 2.22. The number of nitrogen functional groups attached to an aromatic ring is 1. The van der Waals surface area contributed by atoms with Gasteiger partial charge in [-0.3, -0.25) is 9.69 Å². The van der Waals surface area contributed by atoms with E-state index >= 15 is 0 Å². The van der Waals surface area contributed by atoms with Crippen molar-refractivity contribution < 1.29 is 9.90 Å². The van der Waals surface area contributed by atoms with Crippen LogP contribution in [0.3, 0.4) is 0 Å². The summed E-state index contributed by atoms with van der Waals surface area (Å²) in [7, 11) is 0. The van der Waals surface area contributed by atoms with Gasteiger partial charge in [0, 0.05) is 12.2 Å². The highest BCUT2D eigenvalue weighted by atomic mass is 16.3. The second kappa shape index (κ2) is 6.04. The van der Waals surface area contributed by atoms with Crippen molar-refractivity contribution in [2.45, 2.75) is 31.4 Å². The lowest BCUT2D eigenvalue weighted by Gasteiger charge is -2.34. The standard InChI is InChI=1S/C14H21N3O2/c15-11-5-3-4-10(8-11)13(18)9-17-7-2-1-6-12(17)14(16)19/h3-5,8,12-13,18H,1-2,6-7,9,15H2,(H2,16,19). The molecule has 1 saturated heterocycles. The van der Waals surface area contributed by atoms with Gasteiger partial charge in [0.1, 0.15) is 0 Å². The smallest absolute Gasteiger partial charge is 0.234 e. The van der Waals surface area contributed by atoms with Gasteiger partial charge in [-0.2, -0.15) is 0 Å². The van der Waals surface area contributed by atoms with Gasteiger partial charge >= 0.3 is 0 Å². The van der Waals surface area contributed by atoms with E-state index in [1.54, 1.807) is 12.1 Å². The molecule has 1 aromatic rings. The minimum Gasteiger partial charge on any atom is -0.399 e. The SMILES string of the molecule is NC(=O)C1CCCCN1CC(O)c1cccc(N)c1. The van der Waals surface area contributed by atoms with Gasteiger partial charge in [0.25, 0.3) is 0 Å². The minimum atomic E-state index is -0.650. The highest BCUT2D eigenvalue weighted by molar-refractivity contribution is 5.79. The van der Waals surface area contributed by atoms with Gasteiger partial charge in [-0.25, -0.2) is 0 Å². The predicted octanol–water partition coefficient (Wildman–Crippen LogP) is 0.642. The zero-order valence-corrected chi connectivity index (χ0v) is 11.0. The van der Waals surface area contributed by atoms with E-state index in [2.05, 4.69) is 0 Å². The van der Waals surface area contributed by atoms with E-state index in [4.69, 9.17) is 11.5 Å². The van der Waals surface area contributed by atoms with Crippen LogP contribution < -0.4 is 11.5 Å². The van der Waals surface area contributed by atoms with Gasteiger partial charge in [-0.15, -0.1) is 0 Å². The van der Waals surface area contributed by atoms with Gasteiger partial charge in [0.05, 0.1) is 12.1 Å². The first kappa shape index (κ1) is 13.8. The Balaban J connectivity index is 2.04. The quantitative estimate of drug-likeness (QED) is 0.695. The van der Waals surface area contributed by atoms with Crippen LogP contribution in [0.1, 0.15) is 30.9 Å². The fraction of sp³-hybridized carbons (Fsp3) is 0.500. The van der Waals surface area contributed by atoms with Crippen LogP contribution in [0.5, 0.6) is 0 Å². The van der Waals surface area contributed by atoms with Crippen molar-refractivity contribution in [2.24, 2.45) is 5.73 Å². The van der Waals surface area contributed by atoms with Gasteiger partial charge in [-0.05, 0) is 37.1 Å². The Kier molecular flexibility index (Phi) is 4.39. The maximum Gasteiger partial charge on any atom is 0.234 e. The number of primary amides is 1. The maximum absolute atomic E-state index is 11.4. The summed E-state index contributed by atoms with van der Waals surface area (Å²) in [5, 5.41) is 10.2. The molecule has 19 heavy (non-hydrogen) atoms. The van der Waals surface area contributed by atoms with Crippen LogP contribution in [0.15, 0.2) is 24.3 Å². The van der Waals surface area contributed by atoms with Gasteiger partial charge in [-0.1, -0.05) is 18.6 Å². The molecular formula is C14H21N3O2. The average Bonchev–Trinajstić information content (AvgIpc) is 2.39. The van der Waals surface area contributed by atoms with E-state index in [1.165, 1.54) is 0 Å². The third-order valence-electron chi connectivity index (χ3n) is 3.64. The molecule has 0 saturated carbocycles. The molecule has 1 heterocycles. The molecule has 0 spiro atoms. The largest absolute Gasteiger partial charge is 0.399 e. The number of rotatable bonds is 4. The summed E-state index contributed by atoms with van der Waals surface area (Å²) in [5.74, 6) is -0.306. The van der Waals surface area contributed by atoms with Crippen molar-refractivity contribution in [1.29, 1.82) is 0 Å². The van der Waals surface area contributed by atoms with Crippen LogP contribution >= 0.6 is 0 Å². The first-order valence-electron chi connectivity index (χ1n) is 6.65. The molecule has 5 heteroatoms. The van der Waals surface area contributed by atoms with E-state index in [0.717, 1.165) is 31.4 Å². The Bertz CT molecular complexity index is 450. The maximum atomic E-state index is 11.4. The number of piperidine rings is 1. The topological polar surface area (TPSA) is 92.6 Å². The summed E-state index contributed by atoms with van der Waals surface area (Å²) in [6, 6.07) is 6.93. The van der Waals surface area contributed by atoms with Crippen LogP contribution in [0.2, 0.25) is 0 Å². The van der Waals surface area contributed by atoms with E-state index in [-0.39, 0.29) is 11.9 Å². The molecular weight excluding hydrogens is 242 g/mol. The van der Waals surface area contributed by atoms with E-state index in [1.807, 2.05) is 17.0 Å². The van der Waals surface area contributed by atoms with Crippen LogP contribution in [0, 0.1) is 0 Å². The normalized spacial score (nSPS) is 22.1. The molecule has 2 atom stereocenters. The molecule has 1 aliphatic heterocycles. The lowest BCUT2D eigenvalue weighted by atomic mass is 10.00. The van der Waals surface area contributed by atoms with Crippen LogP contribution in [0.25, 0.3) is 0 Å². The molecule has 2 unspecified atom stereocenters. The summed E-state index contributed by atoms with van der Waals surface area (Å²) in [6.45, 7) is 1.21. The highest BCUT2D eigenvalue weighted by Gasteiger charge is 2.28. The average molecular weight is 263 g/mol. The molecule has 1 aliphatic rings. The summed E-state index contributed by atoms with van der Waals surface area (Å²) in [6.07, 6.45) is 2.17. The molecule has 2 rings (SSSR count). The minimum absolute atomic E-state index is 0.260. The van der Waals surface area contributed by atoms with E-state index in [9.17, 15) is 9.90 Å². The number of carbonyl (C=O) groups is 1. The lowest BCUT2D eigenvalue weighted by Crippen LogP contribution is -2.49. The zero-order chi connectivity index (χ0) is 13.8. The Morgan fingerprint density at radius 3 is 2.95 bits per heavy atom. The molecule has 104 valence electrons. The lowest BCUT2D eigenvalue weighted by molar-refractivity contribution is -0.125. The number of hydrogen-bond acceptors (Lipinski definition) is 4. The van der Waals surface area contributed by atoms with Crippen LogP contribution in [0.4, 0.5) is 5.69 Å². The van der Waals surface area contributed by atoms with Crippen molar-refractivity contribution in [3.05, 3.63) is 29.8 Å². The second-order valence-electron chi connectivity index (χ2n) is 5.09. The summed E-state index contributed by atoms with van der Waals surface area (Å²) < 4.78 is 0. The number of likely N-dealkylation sites (tertiary alicyclic amines) is 1. The van der Waals surface area contributed by atoms with E-state index < -0.39 is 6.10 Å². The van der Waals surface area contributed by atoms with Crippen molar-refractivity contribution in [3.8, 4) is 0 Å². The number of benzene rings is 1. The molecule has 1 aromatic carbocycles. The Morgan fingerprint density at radius 1 is 1.47 bits per heavy atom. The van der Waals surface area contributed by atoms with Crippen molar-refractivity contribution in [2.75, 3.05) is 18.8 Å². The number of nitrogens with two attached hydrogens (primary N) is 2. The van der Waals surface area contributed by atoms with Crippen molar-refractivity contribution in [3.63, 3.8) is 0 Å². The molecule has 0 aliphatic carbocycles. The summed E-state index contributed by atoms with van der Waals surface area (Å²) in [4.78, 5) is 13.4. The Labute approximate surface area is 113 Å². The number of aliphatic hydroxyl groups excluding tert-OH is 1. The predicted molar refractivity (Wildman–Crippen MR) is 74.2 cm³/mol. The third-order valence-corrected chi connectivity index (χ3v) is 3.64. The van der Waals surface area contributed by atoms with Crippen LogP contribution in [-0.4, -0.2) is 35.0 Å². The van der Waals surface area contributed by atoms with Gasteiger partial charge in [0.15, 0.2) is 0 Å². The van der Waals surface area contributed by atoms with Gasteiger partial charge in [0.2, 0.25) is 5.91 Å². The van der Waals surface area contributed by atoms with Gasteiger partial charge < -0.3 is 16.6 Å².